The number of rotatable bonds is 6. The summed E-state index contributed by atoms with van der Waals surface area (Å²) in [7, 11) is 0. The molecule has 0 unspecified atom stereocenters. The van der Waals surface area contributed by atoms with Crippen molar-refractivity contribution in [3.8, 4) is 0 Å². The summed E-state index contributed by atoms with van der Waals surface area (Å²) in [4.78, 5) is 0. The molecule has 0 saturated carbocycles. The molecule has 5 heteroatoms. The SMILES string of the molecule is CSCCc1nnc(CNC(C)C)s1. The lowest BCUT2D eigenvalue weighted by atomic mass is 10.4. The summed E-state index contributed by atoms with van der Waals surface area (Å²) in [6, 6.07) is 0.508. The Hall–Kier alpha value is -0.130. The van der Waals surface area contributed by atoms with E-state index in [4.69, 9.17) is 0 Å². The first-order valence-corrected chi connectivity index (χ1v) is 6.97. The lowest BCUT2D eigenvalue weighted by molar-refractivity contribution is 0.584. The minimum absolute atomic E-state index is 0.508. The Morgan fingerprint density at radius 2 is 2.07 bits per heavy atom. The summed E-state index contributed by atoms with van der Waals surface area (Å²) in [5, 5.41) is 13.9. The quantitative estimate of drug-likeness (QED) is 0.812. The van der Waals surface area contributed by atoms with E-state index < -0.39 is 0 Å². The van der Waals surface area contributed by atoms with Gasteiger partial charge in [-0.05, 0) is 12.0 Å². The van der Waals surface area contributed by atoms with Gasteiger partial charge in [-0.25, -0.2) is 0 Å². The van der Waals surface area contributed by atoms with Crippen LogP contribution in [0.5, 0.6) is 0 Å². The Balaban J connectivity index is 2.35. The molecular weight excluding hydrogens is 214 g/mol. The fourth-order valence-corrected chi connectivity index (χ4v) is 2.26. The molecule has 1 heterocycles. The number of hydrogen-bond acceptors (Lipinski definition) is 5. The van der Waals surface area contributed by atoms with Gasteiger partial charge in [-0.1, -0.05) is 13.8 Å². The summed E-state index contributed by atoms with van der Waals surface area (Å²) >= 11 is 3.56. The molecule has 0 aliphatic heterocycles. The van der Waals surface area contributed by atoms with Gasteiger partial charge in [-0.2, -0.15) is 11.8 Å². The van der Waals surface area contributed by atoms with Gasteiger partial charge in [0.15, 0.2) is 0 Å². The van der Waals surface area contributed by atoms with Crippen LogP contribution in [0.3, 0.4) is 0 Å². The highest BCUT2D eigenvalue weighted by molar-refractivity contribution is 7.98. The normalized spacial score (nSPS) is 11.1. The van der Waals surface area contributed by atoms with Gasteiger partial charge < -0.3 is 5.32 Å². The summed E-state index contributed by atoms with van der Waals surface area (Å²) < 4.78 is 0. The molecule has 0 saturated heterocycles. The number of aromatic nitrogens is 2. The molecule has 1 aromatic rings. The van der Waals surface area contributed by atoms with Crippen LogP contribution in [-0.4, -0.2) is 28.2 Å². The van der Waals surface area contributed by atoms with Gasteiger partial charge in [0.1, 0.15) is 10.0 Å². The lowest BCUT2D eigenvalue weighted by Crippen LogP contribution is -2.21. The van der Waals surface area contributed by atoms with E-state index in [2.05, 4.69) is 35.6 Å². The number of nitrogens with zero attached hydrogens (tertiary/aromatic N) is 2. The van der Waals surface area contributed by atoms with Crippen LogP contribution in [0.4, 0.5) is 0 Å². The first kappa shape index (κ1) is 11.9. The van der Waals surface area contributed by atoms with E-state index in [1.54, 1.807) is 11.3 Å². The fraction of sp³-hybridized carbons (Fsp3) is 0.778. The largest absolute Gasteiger partial charge is 0.308 e. The third-order valence-corrected chi connectivity index (χ3v) is 3.29. The van der Waals surface area contributed by atoms with Gasteiger partial charge in [0.25, 0.3) is 0 Å². The maximum absolute atomic E-state index is 4.15. The summed E-state index contributed by atoms with van der Waals surface area (Å²) in [5.74, 6) is 1.13. The number of nitrogens with one attached hydrogen (secondary N) is 1. The van der Waals surface area contributed by atoms with E-state index in [1.165, 1.54) is 0 Å². The van der Waals surface area contributed by atoms with Gasteiger partial charge in [0, 0.05) is 19.0 Å². The van der Waals surface area contributed by atoms with Crippen molar-refractivity contribution in [1.29, 1.82) is 0 Å². The second kappa shape index (κ2) is 6.37. The van der Waals surface area contributed by atoms with Crippen LogP contribution in [-0.2, 0) is 13.0 Å². The zero-order chi connectivity index (χ0) is 10.4. The molecule has 1 aromatic heterocycles. The number of hydrogen-bond donors (Lipinski definition) is 1. The Labute approximate surface area is 93.7 Å². The molecule has 0 spiro atoms. The van der Waals surface area contributed by atoms with Crippen LogP contribution in [0.15, 0.2) is 0 Å². The Bertz CT molecular complexity index is 260. The van der Waals surface area contributed by atoms with E-state index in [0.717, 1.165) is 28.7 Å². The average molecular weight is 231 g/mol. The van der Waals surface area contributed by atoms with Crippen LogP contribution in [0.1, 0.15) is 23.9 Å². The van der Waals surface area contributed by atoms with Gasteiger partial charge >= 0.3 is 0 Å². The lowest BCUT2D eigenvalue weighted by Gasteiger charge is -2.03. The van der Waals surface area contributed by atoms with Crippen molar-refractivity contribution in [2.45, 2.75) is 32.9 Å². The maximum Gasteiger partial charge on any atom is 0.131 e. The van der Waals surface area contributed by atoms with Gasteiger partial charge in [0.2, 0.25) is 0 Å². The minimum Gasteiger partial charge on any atom is -0.308 e. The zero-order valence-electron chi connectivity index (χ0n) is 8.91. The topological polar surface area (TPSA) is 37.8 Å². The number of thioether (sulfide) groups is 1. The Morgan fingerprint density at radius 1 is 1.36 bits per heavy atom. The molecule has 0 radical (unpaired) electrons. The van der Waals surface area contributed by atoms with Crippen molar-refractivity contribution in [3.05, 3.63) is 10.0 Å². The van der Waals surface area contributed by atoms with Crippen LogP contribution in [0.2, 0.25) is 0 Å². The predicted octanol–water partition coefficient (Wildman–Crippen LogP) is 1.94. The van der Waals surface area contributed by atoms with Gasteiger partial charge in [-0.15, -0.1) is 21.5 Å². The van der Waals surface area contributed by atoms with E-state index in [1.807, 2.05) is 11.8 Å². The zero-order valence-corrected chi connectivity index (χ0v) is 10.5. The Kier molecular flexibility index (Phi) is 5.44. The summed E-state index contributed by atoms with van der Waals surface area (Å²) in [5.41, 5.74) is 0. The van der Waals surface area contributed by atoms with Crippen LogP contribution >= 0.6 is 23.1 Å². The van der Waals surface area contributed by atoms with Crippen molar-refractivity contribution in [2.75, 3.05) is 12.0 Å². The van der Waals surface area contributed by atoms with Crippen molar-refractivity contribution in [2.24, 2.45) is 0 Å². The second-order valence-corrected chi connectivity index (χ2v) is 5.50. The molecule has 3 nitrogen and oxygen atoms in total. The van der Waals surface area contributed by atoms with E-state index in [0.29, 0.717) is 6.04 Å². The maximum atomic E-state index is 4.15. The Morgan fingerprint density at radius 3 is 2.71 bits per heavy atom. The molecule has 1 N–H and O–H groups in total. The van der Waals surface area contributed by atoms with Gasteiger partial charge in [-0.3, -0.25) is 0 Å². The fourth-order valence-electron chi connectivity index (χ4n) is 0.942. The summed E-state index contributed by atoms with van der Waals surface area (Å²) in [6.07, 6.45) is 3.16. The molecule has 0 fully saturated rings. The average Bonchev–Trinajstić information content (AvgIpc) is 2.59. The smallest absolute Gasteiger partial charge is 0.131 e. The monoisotopic (exact) mass is 231 g/mol. The summed E-state index contributed by atoms with van der Waals surface area (Å²) in [6.45, 7) is 5.11. The minimum atomic E-state index is 0.508. The van der Waals surface area contributed by atoms with Crippen LogP contribution in [0.25, 0.3) is 0 Å². The van der Waals surface area contributed by atoms with E-state index >= 15 is 0 Å². The molecule has 0 amide bonds. The molecule has 80 valence electrons. The van der Waals surface area contributed by atoms with E-state index in [9.17, 15) is 0 Å². The van der Waals surface area contributed by atoms with Crippen LogP contribution in [0, 0.1) is 0 Å². The van der Waals surface area contributed by atoms with Crippen molar-refractivity contribution in [3.63, 3.8) is 0 Å². The molecule has 0 aliphatic rings. The van der Waals surface area contributed by atoms with Crippen molar-refractivity contribution in [1.82, 2.24) is 15.5 Å². The first-order chi connectivity index (χ1) is 6.72. The molecule has 1 rings (SSSR count). The molecular formula is C9H17N3S2. The third kappa shape index (κ3) is 4.39. The standard InChI is InChI=1S/C9H17N3S2/c1-7(2)10-6-9-12-11-8(14-9)4-5-13-3/h7,10H,4-6H2,1-3H3. The predicted molar refractivity (Wildman–Crippen MR) is 64.0 cm³/mol. The second-order valence-electron chi connectivity index (χ2n) is 3.37. The highest BCUT2D eigenvalue weighted by Gasteiger charge is 2.03. The molecule has 0 aromatic carbocycles. The van der Waals surface area contributed by atoms with Gasteiger partial charge in [0.05, 0.1) is 0 Å². The van der Waals surface area contributed by atoms with E-state index in [-0.39, 0.29) is 0 Å². The van der Waals surface area contributed by atoms with Crippen molar-refractivity contribution >= 4 is 23.1 Å². The van der Waals surface area contributed by atoms with Crippen molar-refractivity contribution < 1.29 is 0 Å². The highest BCUT2D eigenvalue weighted by Crippen LogP contribution is 2.11. The third-order valence-electron chi connectivity index (χ3n) is 1.69. The highest BCUT2D eigenvalue weighted by atomic mass is 32.2. The molecule has 14 heavy (non-hydrogen) atoms. The first-order valence-electron chi connectivity index (χ1n) is 4.76. The molecule has 0 aliphatic carbocycles. The number of aryl methyl sites for hydroxylation is 1. The molecule has 0 atom stereocenters. The van der Waals surface area contributed by atoms with Crippen LogP contribution < -0.4 is 5.32 Å². The molecule has 0 bridgehead atoms.